The third-order valence-corrected chi connectivity index (χ3v) is 13.0. The molecule has 0 aromatic carbocycles. The van der Waals surface area contributed by atoms with Gasteiger partial charge in [0.15, 0.2) is 0 Å². The maximum absolute atomic E-state index is 8.51. The first-order valence-electron chi connectivity index (χ1n) is 16.8. The highest BCUT2D eigenvalue weighted by Crippen LogP contribution is 2.09. The number of rotatable bonds is 34. The van der Waals surface area contributed by atoms with Gasteiger partial charge < -0.3 is 35.0 Å². The number of aliphatic hydroxyl groups excluding tert-OH is 5. The summed E-state index contributed by atoms with van der Waals surface area (Å²) in [6.07, 6.45) is 5.47. The van der Waals surface area contributed by atoms with Gasteiger partial charge in [0.05, 0.1) is 46.2 Å². The molecule has 0 rings (SSSR count). The summed E-state index contributed by atoms with van der Waals surface area (Å²) in [5.41, 5.74) is 0. The summed E-state index contributed by atoms with van der Waals surface area (Å²) >= 11 is 31.7. The number of hydrogen-bond donors (Lipinski definition) is 10. The summed E-state index contributed by atoms with van der Waals surface area (Å²) in [6.45, 7) is 3.53. The average Bonchev–Trinajstić information content (AvgIpc) is 3.12. The van der Waals surface area contributed by atoms with E-state index in [1.165, 1.54) is 41.6 Å². The van der Waals surface area contributed by atoms with Crippen LogP contribution in [0.4, 0.5) is 0 Å². The fraction of sp³-hybridized carbons (Fsp3) is 1.00. The van der Waals surface area contributed by atoms with E-state index in [-0.39, 0.29) is 6.61 Å². The van der Waals surface area contributed by atoms with E-state index in [0.29, 0.717) is 52.9 Å². The van der Waals surface area contributed by atoms with E-state index in [0.717, 1.165) is 88.3 Å². The largest absolute Gasteiger partial charge is 0.396 e. The Morgan fingerprint density at radius 3 is 1.00 bits per heavy atom. The van der Waals surface area contributed by atoms with E-state index in [4.69, 9.17) is 35.0 Å². The molecular weight excluding hydrogens is 837 g/mol. The molecule has 0 atom stereocenters. The molecule has 0 aromatic heterocycles. The van der Waals surface area contributed by atoms with Gasteiger partial charge in [-0.25, -0.2) is 0 Å². The van der Waals surface area contributed by atoms with Crippen molar-refractivity contribution in [2.24, 2.45) is 0 Å². The highest BCUT2D eigenvalue weighted by molar-refractivity contribution is 8.03. The Kier molecular flexibility index (Phi) is 91.8. The Morgan fingerprint density at radius 2 is 0.653 bits per heavy atom. The van der Waals surface area contributed by atoms with E-state index in [1.54, 1.807) is 11.8 Å². The summed E-state index contributed by atoms with van der Waals surface area (Å²) < 4.78 is 9.98. The SMILES string of the molecule is OCCCSCCS.OCCCSCCSCCCS.OCCOCCOCCS.OCCSCCCS.OCCSCCCSCCS. The van der Waals surface area contributed by atoms with Gasteiger partial charge in [-0.05, 0) is 89.6 Å². The average molecular weight is 910 g/mol. The van der Waals surface area contributed by atoms with Crippen LogP contribution in [0, 0.1) is 0 Å². The molecule has 0 spiro atoms. The smallest absolute Gasteiger partial charge is 0.0701 e. The first kappa shape index (κ1) is 61.8. The van der Waals surface area contributed by atoms with Crippen molar-refractivity contribution in [1.82, 2.24) is 0 Å². The molecule has 0 radical (unpaired) electrons. The fourth-order valence-corrected chi connectivity index (χ4v) is 8.94. The molecule has 0 fully saturated rings. The Hall–Kier alpha value is 3.57. The quantitative estimate of drug-likeness (QED) is 0.0278. The van der Waals surface area contributed by atoms with Crippen LogP contribution in [0.2, 0.25) is 0 Å². The number of thioether (sulfide) groups is 6. The summed E-state index contributed by atoms with van der Waals surface area (Å²) in [5.74, 6) is 18.0. The Labute approximate surface area is 354 Å². The number of aliphatic hydroxyl groups is 5. The minimum atomic E-state index is 0.0760. The predicted molar refractivity (Wildman–Crippen MR) is 253 cm³/mol. The first-order chi connectivity index (χ1) is 24.1. The third-order valence-electron chi connectivity index (χ3n) is 4.52. The van der Waals surface area contributed by atoms with Crippen molar-refractivity contribution >= 4 is 134 Å². The lowest BCUT2D eigenvalue weighted by atomic mass is 10.5. The van der Waals surface area contributed by atoms with Crippen LogP contribution in [0.1, 0.15) is 32.1 Å². The topological polar surface area (TPSA) is 120 Å². The van der Waals surface area contributed by atoms with Gasteiger partial charge in [0.2, 0.25) is 0 Å². The van der Waals surface area contributed by atoms with Gasteiger partial charge in [-0.2, -0.15) is 134 Å². The molecule has 0 saturated heterocycles. The van der Waals surface area contributed by atoms with Crippen LogP contribution in [0.15, 0.2) is 0 Å². The zero-order valence-electron chi connectivity index (χ0n) is 29.7. The number of hydrogen-bond acceptors (Lipinski definition) is 18. The van der Waals surface area contributed by atoms with Crippen molar-refractivity contribution in [3.05, 3.63) is 0 Å². The van der Waals surface area contributed by atoms with Crippen molar-refractivity contribution < 1.29 is 35.0 Å². The number of ether oxygens (including phenoxy) is 2. The van der Waals surface area contributed by atoms with Gasteiger partial charge in [0.25, 0.3) is 0 Å². The van der Waals surface area contributed by atoms with Crippen LogP contribution in [0.5, 0.6) is 0 Å². The van der Waals surface area contributed by atoms with E-state index >= 15 is 0 Å². The van der Waals surface area contributed by atoms with Crippen LogP contribution in [-0.4, -0.2) is 183 Å². The fourth-order valence-electron chi connectivity index (χ4n) is 2.37. The van der Waals surface area contributed by atoms with Crippen molar-refractivity contribution in [2.75, 3.05) is 157 Å². The molecular formula is C31H72O7S11. The summed E-state index contributed by atoms with van der Waals surface area (Å²) in [7, 11) is 0. The molecule has 0 unspecified atom stereocenters. The van der Waals surface area contributed by atoms with Crippen molar-refractivity contribution in [1.29, 1.82) is 0 Å². The molecule has 304 valence electrons. The molecule has 0 saturated carbocycles. The van der Waals surface area contributed by atoms with Gasteiger partial charge in [0, 0.05) is 53.5 Å². The number of thiol groups is 5. The molecule has 0 aliphatic rings. The Balaban J connectivity index is -0.000000166. The predicted octanol–water partition coefficient (Wildman–Crippen LogP) is 5.93. The molecule has 0 aromatic rings. The van der Waals surface area contributed by atoms with Crippen LogP contribution < -0.4 is 0 Å². The monoisotopic (exact) mass is 908 g/mol. The highest BCUT2D eigenvalue weighted by atomic mass is 32.2. The third kappa shape index (κ3) is 89.8. The molecule has 7 nitrogen and oxygen atoms in total. The van der Waals surface area contributed by atoms with Crippen LogP contribution in [0.3, 0.4) is 0 Å². The second-order valence-corrected chi connectivity index (χ2v) is 18.5. The summed E-state index contributed by atoms with van der Waals surface area (Å²) in [5, 5.41) is 41.9. The van der Waals surface area contributed by atoms with Gasteiger partial charge in [0.1, 0.15) is 0 Å². The highest BCUT2D eigenvalue weighted by Gasteiger charge is 1.92. The van der Waals surface area contributed by atoms with E-state index in [1.807, 2.05) is 58.8 Å². The lowest BCUT2D eigenvalue weighted by Gasteiger charge is -2.01. The Morgan fingerprint density at radius 1 is 0.286 bits per heavy atom. The molecule has 0 amide bonds. The van der Waals surface area contributed by atoms with Crippen LogP contribution in [-0.2, 0) is 9.47 Å². The first-order valence-corrected chi connectivity index (χ1v) is 26.9. The molecule has 5 N–H and O–H groups in total. The summed E-state index contributed by atoms with van der Waals surface area (Å²) in [6, 6.07) is 0. The zero-order chi connectivity index (χ0) is 37.6. The van der Waals surface area contributed by atoms with Crippen molar-refractivity contribution in [2.45, 2.75) is 32.1 Å². The van der Waals surface area contributed by atoms with Crippen molar-refractivity contribution in [3.8, 4) is 0 Å². The lowest BCUT2D eigenvalue weighted by Crippen LogP contribution is -2.08. The minimum Gasteiger partial charge on any atom is -0.396 e. The van der Waals surface area contributed by atoms with Crippen LogP contribution in [0.25, 0.3) is 0 Å². The molecule has 0 heterocycles. The zero-order valence-corrected chi connectivity index (χ0v) is 39.0. The standard InChI is InChI=1S/C8H18OS3.C7H16OS3.C6H14O3S.2C5H12OS2/c9-3-1-5-11-7-8-12-6-2-4-10;8-2-6-10-4-1-5-11-7-3-9;7-1-2-8-3-4-9-5-6-10;6-2-5-8-4-1-3-7;6-2-1-4-8-5-3-7/h9-10H,1-8H2;8-9H,1-7H2;7,10H,1-6H2;2*6-7H,1-5H2. The molecule has 0 aliphatic carbocycles. The van der Waals surface area contributed by atoms with E-state index < -0.39 is 0 Å². The van der Waals surface area contributed by atoms with E-state index in [9.17, 15) is 0 Å². The van der Waals surface area contributed by atoms with Gasteiger partial charge in [-0.3, -0.25) is 0 Å². The minimum absolute atomic E-state index is 0.0760. The Bertz CT molecular complexity index is 426. The molecule has 18 heteroatoms. The lowest BCUT2D eigenvalue weighted by molar-refractivity contribution is 0.0378. The van der Waals surface area contributed by atoms with Gasteiger partial charge >= 0.3 is 0 Å². The maximum atomic E-state index is 8.51. The molecule has 49 heavy (non-hydrogen) atoms. The molecule has 0 bridgehead atoms. The van der Waals surface area contributed by atoms with E-state index in [2.05, 4.69) is 63.1 Å². The van der Waals surface area contributed by atoms with Gasteiger partial charge in [-0.1, -0.05) is 0 Å². The van der Waals surface area contributed by atoms with Gasteiger partial charge in [-0.15, -0.1) is 0 Å². The second kappa shape index (κ2) is 72.8. The summed E-state index contributed by atoms with van der Waals surface area (Å²) in [4.78, 5) is 0. The van der Waals surface area contributed by atoms with Crippen molar-refractivity contribution in [3.63, 3.8) is 0 Å². The van der Waals surface area contributed by atoms with Crippen LogP contribution >= 0.6 is 134 Å². The second-order valence-electron chi connectivity index (χ2n) is 8.90. The molecule has 0 aliphatic heterocycles. The maximum Gasteiger partial charge on any atom is 0.0701 e. The normalized spacial score (nSPS) is 10.2.